The van der Waals surface area contributed by atoms with Gasteiger partial charge in [0.05, 0.1) is 26.2 Å². The first-order valence-electron chi connectivity index (χ1n) is 8.21. The van der Waals surface area contributed by atoms with Crippen molar-refractivity contribution in [2.75, 3.05) is 33.2 Å². The molecule has 1 aliphatic heterocycles. The van der Waals surface area contributed by atoms with Crippen LogP contribution in [0.5, 0.6) is 17.2 Å². The van der Waals surface area contributed by atoms with Crippen molar-refractivity contribution in [2.45, 2.75) is 0 Å². The van der Waals surface area contributed by atoms with Crippen LogP contribution < -0.4 is 19.5 Å². The Morgan fingerprint density at radius 1 is 1.24 bits per heavy atom. The van der Waals surface area contributed by atoms with Crippen LogP contribution in [0.4, 0.5) is 5.13 Å². The quantitative estimate of drug-likeness (QED) is 0.508. The molecule has 11 heteroatoms. The average molecular weight is 452 g/mol. The van der Waals surface area contributed by atoms with Crippen LogP contribution in [0.1, 0.15) is 5.56 Å². The lowest BCUT2D eigenvalue weighted by molar-refractivity contribution is -0.126. The number of benzene rings is 1. The SMILES string of the molecule is COc1cc(/C=C2\SC(=S)N(CC(=O)Nc3nccs3)C2=O)cc(OC)c1OC. The Hall–Kier alpha value is -2.63. The normalized spacial score (nSPS) is 15.0. The summed E-state index contributed by atoms with van der Waals surface area (Å²) in [6, 6.07) is 3.45. The summed E-state index contributed by atoms with van der Waals surface area (Å²) in [6.45, 7) is -0.184. The number of aromatic nitrogens is 1. The van der Waals surface area contributed by atoms with E-state index in [4.69, 9.17) is 26.4 Å². The number of carbonyl (C=O) groups is 2. The second-order valence-corrected chi connectivity index (χ2v) is 8.18. The number of thiocarbonyl (C=S) groups is 1. The number of anilines is 1. The molecule has 1 fully saturated rings. The standard InChI is InChI=1S/C18H17N3O5S3/c1-24-11-6-10(7-12(25-2)15(11)26-3)8-13-16(23)21(18(27)29-13)9-14(22)20-17-19-4-5-28-17/h4-8H,9H2,1-3H3,(H,19,20,22)/b13-8-. The monoisotopic (exact) mass is 451 g/mol. The van der Waals surface area contributed by atoms with Crippen molar-refractivity contribution in [1.82, 2.24) is 9.88 Å². The molecule has 0 bridgehead atoms. The van der Waals surface area contributed by atoms with Gasteiger partial charge in [0.25, 0.3) is 5.91 Å². The Bertz CT molecular complexity index is 950. The summed E-state index contributed by atoms with van der Waals surface area (Å²) in [4.78, 5) is 30.6. The summed E-state index contributed by atoms with van der Waals surface area (Å²) in [6.07, 6.45) is 3.25. The van der Waals surface area contributed by atoms with Gasteiger partial charge >= 0.3 is 0 Å². The highest BCUT2D eigenvalue weighted by Crippen LogP contribution is 2.40. The van der Waals surface area contributed by atoms with Gasteiger partial charge in [-0.05, 0) is 23.8 Å². The fourth-order valence-corrected chi connectivity index (χ4v) is 4.36. The van der Waals surface area contributed by atoms with Gasteiger partial charge in [-0.15, -0.1) is 11.3 Å². The van der Waals surface area contributed by atoms with E-state index in [1.54, 1.807) is 29.8 Å². The van der Waals surface area contributed by atoms with Crippen LogP contribution in [0.15, 0.2) is 28.6 Å². The van der Waals surface area contributed by atoms with Crippen LogP contribution in [0.3, 0.4) is 0 Å². The molecule has 0 unspecified atom stereocenters. The van der Waals surface area contributed by atoms with Gasteiger partial charge in [-0.3, -0.25) is 14.5 Å². The summed E-state index contributed by atoms with van der Waals surface area (Å²) < 4.78 is 16.3. The maximum Gasteiger partial charge on any atom is 0.266 e. The summed E-state index contributed by atoms with van der Waals surface area (Å²) in [7, 11) is 4.55. The average Bonchev–Trinajstić information content (AvgIpc) is 3.31. The van der Waals surface area contributed by atoms with Crippen molar-refractivity contribution >= 4 is 62.7 Å². The molecular weight excluding hydrogens is 434 g/mol. The molecule has 0 atom stereocenters. The molecule has 1 aromatic carbocycles. The van der Waals surface area contributed by atoms with Gasteiger partial charge in [0.15, 0.2) is 16.6 Å². The lowest BCUT2D eigenvalue weighted by Crippen LogP contribution is -2.36. The number of rotatable bonds is 7. The van der Waals surface area contributed by atoms with Crippen molar-refractivity contribution in [3.63, 3.8) is 0 Å². The Morgan fingerprint density at radius 3 is 2.48 bits per heavy atom. The third kappa shape index (κ3) is 4.69. The van der Waals surface area contributed by atoms with Crippen LogP contribution in [0, 0.1) is 0 Å². The zero-order chi connectivity index (χ0) is 21.0. The molecule has 152 valence electrons. The number of ether oxygens (including phenoxy) is 3. The van der Waals surface area contributed by atoms with Gasteiger partial charge in [-0.25, -0.2) is 4.98 Å². The predicted octanol–water partition coefficient (Wildman–Crippen LogP) is 3.01. The lowest BCUT2D eigenvalue weighted by atomic mass is 10.1. The number of nitrogens with one attached hydrogen (secondary N) is 1. The van der Waals surface area contributed by atoms with E-state index in [2.05, 4.69) is 10.3 Å². The highest BCUT2D eigenvalue weighted by molar-refractivity contribution is 8.26. The fraction of sp³-hybridized carbons (Fsp3) is 0.222. The number of carbonyl (C=O) groups excluding carboxylic acids is 2. The molecular formula is C18H17N3O5S3. The molecule has 0 spiro atoms. The molecule has 29 heavy (non-hydrogen) atoms. The first-order valence-corrected chi connectivity index (χ1v) is 10.3. The molecule has 0 radical (unpaired) electrons. The molecule has 1 aliphatic rings. The number of thioether (sulfide) groups is 1. The lowest BCUT2D eigenvalue weighted by Gasteiger charge is -2.13. The summed E-state index contributed by atoms with van der Waals surface area (Å²) in [5.74, 6) is 0.680. The van der Waals surface area contributed by atoms with Gasteiger partial charge in [-0.2, -0.15) is 0 Å². The molecule has 2 heterocycles. The Labute approximate surface area is 180 Å². The number of amides is 2. The Kier molecular flexibility index (Phi) is 6.72. The minimum Gasteiger partial charge on any atom is -0.493 e. The van der Waals surface area contributed by atoms with E-state index < -0.39 is 0 Å². The second kappa shape index (κ2) is 9.25. The number of hydrogen-bond donors (Lipinski definition) is 1. The number of thiazole rings is 1. The molecule has 2 aromatic rings. The van der Waals surface area contributed by atoms with Crippen LogP contribution in [0.25, 0.3) is 6.08 Å². The minimum atomic E-state index is -0.370. The summed E-state index contributed by atoms with van der Waals surface area (Å²) in [5, 5.41) is 4.85. The molecule has 8 nitrogen and oxygen atoms in total. The maximum absolute atomic E-state index is 12.8. The van der Waals surface area contributed by atoms with Gasteiger partial charge in [0, 0.05) is 11.6 Å². The number of methoxy groups -OCH3 is 3. The van der Waals surface area contributed by atoms with E-state index in [-0.39, 0.29) is 18.4 Å². The summed E-state index contributed by atoms with van der Waals surface area (Å²) in [5.41, 5.74) is 0.673. The third-order valence-corrected chi connectivity index (χ3v) is 5.91. The molecule has 2 amide bonds. The first-order chi connectivity index (χ1) is 14.0. The van der Waals surface area contributed by atoms with E-state index in [0.717, 1.165) is 11.8 Å². The smallest absolute Gasteiger partial charge is 0.266 e. The zero-order valence-electron chi connectivity index (χ0n) is 15.8. The maximum atomic E-state index is 12.8. The Morgan fingerprint density at radius 2 is 1.93 bits per heavy atom. The minimum absolute atomic E-state index is 0.184. The highest BCUT2D eigenvalue weighted by Gasteiger charge is 2.33. The Balaban J connectivity index is 1.80. The molecule has 1 aromatic heterocycles. The second-order valence-electron chi connectivity index (χ2n) is 5.61. The topological polar surface area (TPSA) is 90.0 Å². The molecule has 0 saturated carbocycles. The molecule has 3 rings (SSSR count). The van der Waals surface area contributed by atoms with Crippen molar-refractivity contribution < 1.29 is 23.8 Å². The number of hydrogen-bond acceptors (Lipinski definition) is 9. The third-order valence-electron chi connectivity index (χ3n) is 3.84. The molecule has 1 N–H and O–H groups in total. The fourth-order valence-electron chi connectivity index (χ4n) is 2.56. The largest absolute Gasteiger partial charge is 0.493 e. The number of nitrogens with zero attached hydrogens (tertiary/aromatic N) is 2. The van der Waals surface area contributed by atoms with E-state index in [9.17, 15) is 9.59 Å². The van der Waals surface area contributed by atoms with Crippen LogP contribution in [-0.4, -0.2) is 53.9 Å². The molecule has 1 saturated heterocycles. The zero-order valence-corrected chi connectivity index (χ0v) is 18.2. The van der Waals surface area contributed by atoms with Crippen molar-refractivity contribution in [2.24, 2.45) is 0 Å². The van der Waals surface area contributed by atoms with Crippen molar-refractivity contribution in [3.8, 4) is 17.2 Å². The first kappa shape index (κ1) is 21.1. The van der Waals surface area contributed by atoms with E-state index in [1.165, 1.54) is 37.6 Å². The van der Waals surface area contributed by atoms with E-state index >= 15 is 0 Å². The van der Waals surface area contributed by atoms with Crippen molar-refractivity contribution in [3.05, 3.63) is 34.2 Å². The van der Waals surface area contributed by atoms with Crippen LogP contribution in [0.2, 0.25) is 0 Å². The van der Waals surface area contributed by atoms with Crippen molar-refractivity contribution in [1.29, 1.82) is 0 Å². The van der Waals surface area contributed by atoms with Crippen LogP contribution >= 0.6 is 35.3 Å². The van der Waals surface area contributed by atoms with E-state index in [1.807, 2.05) is 0 Å². The van der Waals surface area contributed by atoms with Gasteiger partial charge in [0.1, 0.15) is 10.9 Å². The predicted molar refractivity (Wildman–Crippen MR) is 117 cm³/mol. The highest BCUT2D eigenvalue weighted by atomic mass is 32.2. The summed E-state index contributed by atoms with van der Waals surface area (Å²) >= 11 is 7.70. The van der Waals surface area contributed by atoms with Gasteiger partial charge in [0.2, 0.25) is 11.7 Å². The molecule has 0 aliphatic carbocycles. The van der Waals surface area contributed by atoms with E-state index in [0.29, 0.717) is 37.2 Å². The van der Waals surface area contributed by atoms with Gasteiger partial charge < -0.3 is 19.5 Å². The van der Waals surface area contributed by atoms with Gasteiger partial charge in [-0.1, -0.05) is 24.0 Å². The van der Waals surface area contributed by atoms with Crippen LogP contribution in [-0.2, 0) is 9.59 Å².